The van der Waals surface area contributed by atoms with E-state index in [2.05, 4.69) is 171 Å². The van der Waals surface area contributed by atoms with Gasteiger partial charge in [-0.15, -0.1) is 0 Å². The Morgan fingerprint density at radius 3 is 2.25 bits per heavy atom. The molecule has 0 bridgehead atoms. The molecular weight excluding hydrogens is 737 g/mol. The summed E-state index contributed by atoms with van der Waals surface area (Å²) in [4.78, 5) is 0. The highest BCUT2D eigenvalue weighted by molar-refractivity contribution is 5.96. The molecule has 4 aliphatic rings. The zero-order valence-corrected chi connectivity index (χ0v) is 36.3. The SMILES string of the molecule is C/C=C(\N)c1ccccc1.C=C/C=C\C=C/C1C=CCCC1C1(c2ccccc2N)C2=C/C=C/C=C\C(Cc3ccccc3)=C/C=C/C=C\2c2c1ccc1c2CCC=C1.CC. The molecule has 0 spiro atoms. The van der Waals surface area contributed by atoms with Gasteiger partial charge in [-0.3, -0.25) is 0 Å². The van der Waals surface area contributed by atoms with Gasteiger partial charge in [0.15, 0.2) is 0 Å². The summed E-state index contributed by atoms with van der Waals surface area (Å²) in [5.74, 6) is 0.470. The van der Waals surface area contributed by atoms with Crippen LogP contribution >= 0.6 is 0 Å². The monoisotopic (exact) mass is 798 g/mol. The average molecular weight is 799 g/mol. The van der Waals surface area contributed by atoms with Gasteiger partial charge in [0, 0.05) is 11.4 Å². The second kappa shape index (κ2) is 22.1. The molecule has 0 amide bonds. The molecule has 0 fully saturated rings. The number of nitrogens with two attached hydrogens (primary N) is 2. The Bertz CT molecular complexity index is 2460. The van der Waals surface area contributed by atoms with Gasteiger partial charge in [0.05, 0.1) is 5.41 Å². The van der Waals surface area contributed by atoms with Crippen molar-refractivity contribution in [3.63, 3.8) is 0 Å². The van der Waals surface area contributed by atoms with Crippen LogP contribution in [0.25, 0.3) is 17.3 Å². The van der Waals surface area contributed by atoms with Crippen LogP contribution < -0.4 is 11.5 Å². The number of anilines is 1. The van der Waals surface area contributed by atoms with Crippen LogP contribution in [0.5, 0.6) is 0 Å². The van der Waals surface area contributed by atoms with Crippen LogP contribution in [0.4, 0.5) is 5.69 Å². The maximum atomic E-state index is 7.08. The molecule has 4 aromatic carbocycles. The fourth-order valence-corrected chi connectivity index (χ4v) is 9.22. The summed E-state index contributed by atoms with van der Waals surface area (Å²) in [6, 6.07) is 34.0. The highest BCUT2D eigenvalue weighted by Crippen LogP contribution is 2.63. The van der Waals surface area contributed by atoms with Gasteiger partial charge in [0.1, 0.15) is 0 Å². The molecule has 8 rings (SSSR count). The minimum absolute atomic E-state index is 0.219. The van der Waals surface area contributed by atoms with E-state index in [1.807, 2.05) is 69.3 Å². The van der Waals surface area contributed by atoms with Gasteiger partial charge in [-0.05, 0) is 113 Å². The molecule has 0 radical (unpaired) electrons. The fraction of sp³-hybridized carbons (Fsp3) is 0.186. The summed E-state index contributed by atoms with van der Waals surface area (Å²) in [6.45, 7) is 9.80. The van der Waals surface area contributed by atoms with Crippen LogP contribution in [0.2, 0.25) is 0 Å². The van der Waals surface area contributed by atoms with Gasteiger partial charge in [-0.2, -0.15) is 0 Å². The van der Waals surface area contributed by atoms with Crippen LogP contribution in [-0.2, 0) is 18.3 Å². The lowest BCUT2D eigenvalue weighted by atomic mass is 9.57. The highest BCUT2D eigenvalue weighted by atomic mass is 14.6. The van der Waals surface area contributed by atoms with Crippen molar-refractivity contribution >= 4 is 23.0 Å². The first kappa shape index (κ1) is 43.9. The lowest BCUT2D eigenvalue weighted by Gasteiger charge is -2.45. The zero-order chi connectivity index (χ0) is 42.9. The van der Waals surface area contributed by atoms with Crippen molar-refractivity contribution in [3.05, 3.63) is 263 Å². The van der Waals surface area contributed by atoms with Crippen molar-refractivity contribution < 1.29 is 0 Å². The third kappa shape index (κ3) is 10.0. The summed E-state index contributed by atoms with van der Waals surface area (Å²) < 4.78 is 0. The summed E-state index contributed by atoms with van der Waals surface area (Å²) >= 11 is 0. The Morgan fingerprint density at radius 2 is 1.48 bits per heavy atom. The molecule has 0 aromatic heterocycles. The third-order valence-electron chi connectivity index (χ3n) is 11.9. The molecule has 308 valence electrons. The zero-order valence-electron chi connectivity index (χ0n) is 36.3. The van der Waals surface area contributed by atoms with Crippen molar-refractivity contribution in [2.45, 2.75) is 58.3 Å². The third-order valence-corrected chi connectivity index (χ3v) is 11.9. The van der Waals surface area contributed by atoms with E-state index in [9.17, 15) is 0 Å². The number of nitrogen functional groups attached to an aromatic ring is 1. The summed E-state index contributed by atoms with van der Waals surface area (Å²) in [5.41, 5.74) is 27.0. The van der Waals surface area contributed by atoms with E-state index in [0.717, 1.165) is 49.1 Å². The van der Waals surface area contributed by atoms with Crippen molar-refractivity contribution in [3.8, 4) is 0 Å². The van der Waals surface area contributed by atoms with E-state index in [-0.39, 0.29) is 11.8 Å². The second-order valence-corrected chi connectivity index (χ2v) is 15.4. The molecule has 61 heavy (non-hydrogen) atoms. The maximum absolute atomic E-state index is 7.08. The number of para-hydroxylation sites is 1. The van der Waals surface area contributed by atoms with Gasteiger partial charge in [0.2, 0.25) is 0 Å². The van der Waals surface area contributed by atoms with E-state index in [0.29, 0.717) is 0 Å². The normalized spacial score (nSPS) is 24.5. The lowest BCUT2D eigenvalue weighted by molar-refractivity contribution is 0.299. The molecule has 2 heteroatoms. The van der Waals surface area contributed by atoms with Crippen molar-refractivity contribution in [2.75, 3.05) is 5.73 Å². The number of allylic oxidation sites excluding steroid dienone is 21. The molecule has 0 saturated heterocycles. The van der Waals surface area contributed by atoms with E-state index < -0.39 is 5.41 Å². The van der Waals surface area contributed by atoms with E-state index in [1.54, 1.807) is 0 Å². The summed E-state index contributed by atoms with van der Waals surface area (Å²) in [5, 5.41) is 0. The molecule has 3 atom stereocenters. The van der Waals surface area contributed by atoms with Crippen molar-refractivity contribution in [1.82, 2.24) is 0 Å². The van der Waals surface area contributed by atoms with Crippen LogP contribution in [0.15, 0.2) is 224 Å². The van der Waals surface area contributed by atoms with Crippen LogP contribution in [-0.4, -0.2) is 0 Å². The van der Waals surface area contributed by atoms with Gasteiger partial charge < -0.3 is 11.5 Å². The van der Waals surface area contributed by atoms with E-state index in [1.165, 1.54) is 50.1 Å². The van der Waals surface area contributed by atoms with Crippen molar-refractivity contribution in [2.24, 2.45) is 17.6 Å². The van der Waals surface area contributed by atoms with Gasteiger partial charge in [-0.1, -0.05) is 227 Å². The number of hydrogen-bond acceptors (Lipinski definition) is 2. The molecule has 3 unspecified atom stereocenters. The first-order valence-electron chi connectivity index (χ1n) is 22.0. The second-order valence-electron chi connectivity index (χ2n) is 15.4. The van der Waals surface area contributed by atoms with Gasteiger partial charge in [-0.25, -0.2) is 0 Å². The van der Waals surface area contributed by atoms with Gasteiger partial charge >= 0.3 is 0 Å². The summed E-state index contributed by atoms with van der Waals surface area (Å²) in [6.07, 6.45) is 47.2. The van der Waals surface area contributed by atoms with Crippen LogP contribution in [0.1, 0.15) is 79.0 Å². The smallest absolute Gasteiger partial charge is 0.0520 e. The Morgan fingerprint density at radius 1 is 0.738 bits per heavy atom. The quantitative estimate of drug-likeness (QED) is 0.106. The number of benzene rings is 4. The number of fused-ring (bicyclic) bond motifs is 5. The minimum Gasteiger partial charge on any atom is -0.399 e. The molecule has 2 nitrogen and oxygen atoms in total. The molecule has 4 N–H and O–H groups in total. The molecule has 0 aliphatic heterocycles. The van der Waals surface area contributed by atoms with E-state index >= 15 is 0 Å². The highest BCUT2D eigenvalue weighted by Gasteiger charge is 2.54. The fourth-order valence-electron chi connectivity index (χ4n) is 9.22. The average Bonchev–Trinajstić information content (AvgIpc) is 3.59. The molecule has 0 heterocycles. The Hall–Kier alpha value is -6.64. The first-order chi connectivity index (χ1) is 30.1. The van der Waals surface area contributed by atoms with Gasteiger partial charge in [0.25, 0.3) is 0 Å². The lowest BCUT2D eigenvalue weighted by Crippen LogP contribution is -2.41. The van der Waals surface area contributed by atoms with E-state index in [4.69, 9.17) is 11.5 Å². The molecule has 4 aromatic rings. The molecule has 0 saturated carbocycles. The Kier molecular flexibility index (Phi) is 15.9. The first-order valence-corrected chi connectivity index (χ1v) is 22.0. The molecular formula is C59H62N2. The van der Waals surface area contributed by atoms with Crippen LogP contribution in [0, 0.1) is 11.8 Å². The van der Waals surface area contributed by atoms with Crippen molar-refractivity contribution in [1.29, 1.82) is 0 Å². The maximum Gasteiger partial charge on any atom is 0.0520 e. The summed E-state index contributed by atoms with van der Waals surface area (Å²) in [7, 11) is 0. The standard InChI is InChI=1S/C48H45N.C9H11N.C2H6/c1-2-3-4-10-25-39-26-14-17-29-42(39)48(44-31-18-19-32-46(44)49)43-30-11-6-9-22-37(35-36-20-7-5-8-21-36)23-12-15-28-41(43)47-40-27-16-13-24-38(40)33-34-45(47)48;1-2-9(10)8-6-4-3-5-7-8;1-2/h2-15,18-26,28,30-34,39,42H,1,16-17,27,29,35,49H2;2-7H,10H2,1H3;1-2H3/b4-3-,9-6?,11-6+,15-12+,22-9-,23-12?,25-10-,28-15?,30-11?,37-22?,37-23+,41-28+,43-30+;9-2-;. The Balaban J connectivity index is 0.000000452. The molecule has 4 aliphatic carbocycles. The number of hydrogen-bond donors (Lipinski definition) is 2. The topological polar surface area (TPSA) is 52.0 Å². The number of rotatable bonds is 8. The predicted octanol–water partition coefficient (Wildman–Crippen LogP) is 14.6. The van der Waals surface area contributed by atoms with Crippen LogP contribution in [0.3, 0.4) is 0 Å². The Labute approximate surface area is 366 Å². The largest absolute Gasteiger partial charge is 0.399 e. The minimum atomic E-state index is -0.453. The predicted molar refractivity (Wildman–Crippen MR) is 267 cm³/mol.